The van der Waals surface area contributed by atoms with Gasteiger partial charge in [-0.05, 0) is 29.8 Å². The number of rotatable bonds is 5. The lowest BCUT2D eigenvalue weighted by atomic mass is 10.1. The van der Waals surface area contributed by atoms with Gasteiger partial charge in [-0.1, -0.05) is 12.1 Å². The van der Waals surface area contributed by atoms with E-state index in [2.05, 4.69) is 15.5 Å². The standard InChI is InChI=1S/C20H19N3O4/c1-25-16-9-11-8-14-18(13(11)10-17(16)26-2)22-23-19(14)21-15-7-5-4-6-12(15)20(24)27-3/h4-7,9-10H,8H2,1-3H3,(H2,21,22,23). The van der Waals surface area contributed by atoms with Gasteiger partial charge < -0.3 is 19.5 Å². The summed E-state index contributed by atoms with van der Waals surface area (Å²) in [5.41, 5.74) is 5.22. The Labute approximate surface area is 156 Å². The zero-order chi connectivity index (χ0) is 19.0. The normalized spacial score (nSPS) is 11.5. The summed E-state index contributed by atoms with van der Waals surface area (Å²) in [6.07, 6.45) is 0.699. The Morgan fingerprint density at radius 3 is 2.59 bits per heavy atom. The second kappa shape index (κ2) is 6.68. The second-order valence-electron chi connectivity index (χ2n) is 6.13. The molecule has 0 unspecified atom stereocenters. The van der Waals surface area contributed by atoms with Crippen molar-refractivity contribution in [3.63, 3.8) is 0 Å². The SMILES string of the molecule is COC(=O)c1ccccc1Nc1n[nH]c2c1Cc1cc(OC)c(OC)cc1-2. The number of nitrogens with zero attached hydrogens (tertiary/aromatic N) is 1. The number of aromatic nitrogens is 2. The molecule has 2 aromatic carbocycles. The number of carbonyl (C=O) groups excluding carboxylic acids is 1. The third-order valence-electron chi connectivity index (χ3n) is 4.70. The molecular weight excluding hydrogens is 346 g/mol. The maximum atomic E-state index is 12.0. The summed E-state index contributed by atoms with van der Waals surface area (Å²) in [6, 6.07) is 11.1. The lowest BCUT2D eigenvalue weighted by Gasteiger charge is -2.10. The monoisotopic (exact) mass is 365 g/mol. The highest BCUT2D eigenvalue weighted by Gasteiger charge is 2.27. The van der Waals surface area contributed by atoms with Crippen molar-refractivity contribution in [2.45, 2.75) is 6.42 Å². The molecule has 0 saturated carbocycles. The van der Waals surface area contributed by atoms with E-state index in [4.69, 9.17) is 14.2 Å². The number of carbonyl (C=O) groups is 1. The summed E-state index contributed by atoms with van der Waals surface area (Å²) in [6.45, 7) is 0. The number of fused-ring (bicyclic) bond motifs is 3. The Hall–Kier alpha value is -3.48. The number of aromatic amines is 1. The van der Waals surface area contributed by atoms with Crippen molar-refractivity contribution in [2.24, 2.45) is 0 Å². The molecule has 0 aliphatic heterocycles. The van der Waals surface area contributed by atoms with Crippen LogP contribution < -0.4 is 14.8 Å². The van der Waals surface area contributed by atoms with Gasteiger partial charge >= 0.3 is 5.97 Å². The summed E-state index contributed by atoms with van der Waals surface area (Å²) < 4.78 is 15.7. The van der Waals surface area contributed by atoms with Crippen molar-refractivity contribution in [3.8, 4) is 22.8 Å². The predicted octanol–water partition coefficient (Wildman–Crippen LogP) is 3.53. The molecule has 7 nitrogen and oxygen atoms in total. The van der Waals surface area contributed by atoms with Crippen molar-refractivity contribution in [1.82, 2.24) is 10.2 Å². The number of ether oxygens (including phenoxy) is 3. The van der Waals surface area contributed by atoms with Gasteiger partial charge in [0, 0.05) is 17.5 Å². The Balaban J connectivity index is 1.71. The average Bonchev–Trinajstić information content (AvgIpc) is 3.26. The number of methoxy groups -OCH3 is 3. The van der Waals surface area contributed by atoms with Crippen LogP contribution in [0.4, 0.5) is 11.5 Å². The van der Waals surface area contributed by atoms with Crippen molar-refractivity contribution >= 4 is 17.5 Å². The number of hydrogen-bond donors (Lipinski definition) is 2. The van der Waals surface area contributed by atoms with E-state index in [0.29, 0.717) is 35.0 Å². The third-order valence-corrected chi connectivity index (χ3v) is 4.70. The molecule has 0 amide bonds. The molecule has 27 heavy (non-hydrogen) atoms. The van der Waals surface area contributed by atoms with E-state index in [0.717, 1.165) is 22.4 Å². The number of anilines is 2. The van der Waals surface area contributed by atoms with E-state index >= 15 is 0 Å². The predicted molar refractivity (Wildman–Crippen MR) is 101 cm³/mol. The fourth-order valence-corrected chi connectivity index (χ4v) is 3.36. The molecule has 0 spiro atoms. The maximum Gasteiger partial charge on any atom is 0.339 e. The lowest BCUT2D eigenvalue weighted by molar-refractivity contribution is 0.0602. The van der Waals surface area contributed by atoms with Crippen LogP contribution in [0.1, 0.15) is 21.5 Å². The van der Waals surface area contributed by atoms with E-state index in [1.807, 2.05) is 24.3 Å². The van der Waals surface area contributed by atoms with E-state index in [9.17, 15) is 4.79 Å². The van der Waals surface area contributed by atoms with Crippen molar-refractivity contribution < 1.29 is 19.0 Å². The summed E-state index contributed by atoms with van der Waals surface area (Å²) in [5, 5.41) is 10.7. The van der Waals surface area contributed by atoms with Gasteiger partial charge in [-0.3, -0.25) is 5.10 Å². The Morgan fingerprint density at radius 2 is 1.85 bits per heavy atom. The Kier molecular flexibility index (Phi) is 4.19. The summed E-state index contributed by atoms with van der Waals surface area (Å²) in [7, 11) is 4.60. The van der Waals surface area contributed by atoms with E-state index < -0.39 is 5.97 Å². The first-order valence-electron chi connectivity index (χ1n) is 8.43. The minimum atomic E-state index is -0.400. The number of H-pyrrole nitrogens is 1. The fourth-order valence-electron chi connectivity index (χ4n) is 3.36. The van der Waals surface area contributed by atoms with Crippen LogP contribution in [0.15, 0.2) is 36.4 Å². The summed E-state index contributed by atoms with van der Waals surface area (Å²) >= 11 is 0. The number of hydrogen-bond acceptors (Lipinski definition) is 6. The van der Waals surface area contributed by atoms with Crippen LogP contribution in [-0.4, -0.2) is 37.5 Å². The highest BCUT2D eigenvalue weighted by Crippen LogP contribution is 2.44. The zero-order valence-corrected chi connectivity index (χ0v) is 15.3. The molecule has 4 rings (SSSR count). The van der Waals surface area contributed by atoms with Crippen LogP contribution in [0.3, 0.4) is 0 Å². The van der Waals surface area contributed by atoms with Crippen LogP contribution in [0.5, 0.6) is 11.5 Å². The first-order valence-corrected chi connectivity index (χ1v) is 8.43. The molecule has 1 aliphatic rings. The number of benzene rings is 2. The first-order chi connectivity index (χ1) is 13.2. The van der Waals surface area contributed by atoms with E-state index in [-0.39, 0.29) is 0 Å². The average molecular weight is 365 g/mol. The zero-order valence-electron chi connectivity index (χ0n) is 15.3. The van der Waals surface area contributed by atoms with Gasteiger partial charge in [0.05, 0.1) is 38.3 Å². The summed E-state index contributed by atoms with van der Waals surface area (Å²) in [5.74, 6) is 1.64. The number of esters is 1. The van der Waals surface area contributed by atoms with E-state index in [1.165, 1.54) is 7.11 Å². The van der Waals surface area contributed by atoms with Crippen LogP contribution in [0.25, 0.3) is 11.3 Å². The van der Waals surface area contributed by atoms with Crippen molar-refractivity contribution in [3.05, 3.63) is 53.1 Å². The number of para-hydroxylation sites is 1. The van der Waals surface area contributed by atoms with Crippen LogP contribution in [-0.2, 0) is 11.2 Å². The number of nitrogens with one attached hydrogen (secondary N) is 2. The van der Waals surface area contributed by atoms with Crippen LogP contribution >= 0.6 is 0 Å². The summed E-state index contributed by atoms with van der Waals surface area (Å²) in [4.78, 5) is 12.0. The highest BCUT2D eigenvalue weighted by atomic mass is 16.5. The topological polar surface area (TPSA) is 85.5 Å². The minimum Gasteiger partial charge on any atom is -0.493 e. The molecular formula is C20H19N3O4. The second-order valence-corrected chi connectivity index (χ2v) is 6.13. The lowest BCUT2D eigenvalue weighted by Crippen LogP contribution is -2.06. The van der Waals surface area contributed by atoms with Gasteiger partial charge in [-0.25, -0.2) is 4.79 Å². The molecule has 138 valence electrons. The van der Waals surface area contributed by atoms with Crippen LogP contribution in [0, 0.1) is 0 Å². The molecule has 7 heteroatoms. The smallest absolute Gasteiger partial charge is 0.339 e. The molecule has 0 bridgehead atoms. The molecule has 0 radical (unpaired) electrons. The van der Waals surface area contributed by atoms with Gasteiger partial charge in [0.25, 0.3) is 0 Å². The molecule has 3 aromatic rings. The van der Waals surface area contributed by atoms with Gasteiger partial charge in [0.15, 0.2) is 17.3 Å². The van der Waals surface area contributed by atoms with Crippen LogP contribution in [0.2, 0.25) is 0 Å². The van der Waals surface area contributed by atoms with Gasteiger partial charge in [0.1, 0.15) is 0 Å². The molecule has 2 N–H and O–H groups in total. The van der Waals surface area contributed by atoms with Gasteiger partial charge in [-0.15, -0.1) is 0 Å². The maximum absolute atomic E-state index is 12.0. The first kappa shape index (κ1) is 17.0. The van der Waals surface area contributed by atoms with Crippen molar-refractivity contribution in [1.29, 1.82) is 0 Å². The quantitative estimate of drug-likeness (QED) is 0.526. The minimum absolute atomic E-state index is 0.400. The van der Waals surface area contributed by atoms with Gasteiger partial charge in [-0.2, -0.15) is 5.10 Å². The van der Waals surface area contributed by atoms with Gasteiger partial charge in [0.2, 0.25) is 0 Å². The molecule has 0 atom stereocenters. The molecule has 0 fully saturated rings. The largest absolute Gasteiger partial charge is 0.493 e. The third kappa shape index (κ3) is 2.77. The highest BCUT2D eigenvalue weighted by molar-refractivity contribution is 5.96. The van der Waals surface area contributed by atoms with Crippen molar-refractivity contribution in [2.75, 3.05) is 26.6 Å². The Morgan fingerprint density at radius 1 is 1.11 bits per heavy atom. The molecule has 1 aliphatic carbocycles. The fraction of sp³-hybridized carbons (Fsp3) is 0.200. The van der Waals surface area contributed by atoms with E-state index in [1.54, 1.807) is 26.4 Å². The Bertz CT molecular complexity index is 1030. The molecule has 1 aromatic heterocycles. The molecule has 1 heterocycles. The molecule has 0 saturated heterocycles.